The topological polar surface area (TPSA) is 126 Å². The summed E-state index contributed by atoms with van der Waals surface area (Å²) >= 11 is 5.89. The van der Waals surface area contributed by atoms with Crippen molar-refractivity contribution >= 4 is 35.2 Å². The molecule has 216 valence electrons. The van der Waals surface area contributed by atoms with Crippen molar-refractivity contribution in [3.05, 3.63) is 59.1 Å². The first-order chi connectivity index (χ1) is 19.2. The lowest BCUT2D eigenvalue weighted by Crippen LogP contribution is -2.53. The molecule has 11 heteroatoms. The average Bonchev–Trinajstić information content (AvgIpc) is 2.92. The Morgan fingerprint density at radius 1 is 1.12 bits per heavy atom. The molecule has 40 heavy (non-hydrogen) atoms. The van der Waals surface area contributed by atoms with Gasteiger partial charge in [0.25, 0.3) is 5.91 Å². The van der Waals surface area contributed by atoms with Crippen molar-refractivity contribution in [3.63, 3.8) is 0 Å². The second-order valence-electron chi connectivity index (χ2n) is 9.84. The number of para-hydroxylation sites is 1. The van der Waals surface area contributed by atoms with Gasteiger partial charge in [-0.05, 0) is 55.7 Å². The Hall–Kier alpha value is -3.79. The quantitative estimate of drug-likeness (QED) is 0.418. The van der Waals surface area contributed by atoms with Crippen LogP contribution in [0.1, 0.15) is 44.0 Å². The van der Waals surface area contributed by atoms with Gasteiger partial charge in [0.2, 0.25) is 17.7 Å². The van der Waals surface area contributed by atoms with E-state index in [0.717, 1.165) is 0 Å². The molecule has 0 aliphatic carbocycles. The summed E-state index contributed by atoms with van der Waals surface area (Å²) in [5.74, 6) is -0.815. The van der Waals surface area contributed by atoms with Crippen LogP contribution >= 0.6 is 11.6 Å². The summed E-state index contributed by atoms with van der Waals surface area (Å²) in [6.45, 7) is 6.95. The fourth-order valence-corrected chi connectivity index (χ4v) is 4.39. The Kier molecular flexibility index (Phi) is 11.6. The lowest BCUT2D eigenvalue weighted by atomic mass is 10.0. The minimum atomic E-state index is -1.20. The number of carbonyl (C=O) groups excluding carboxylic acids is 4. The van der Waals surface area contributed by atoms with Gasteiger partial charge in [-0.2, -0.15) is 0 Å². The van der Waals surface area contributed by atoms with Crippen LogP contribution in [0.3, 0.4) is 0 Å². The summed E-state index contributed by atoms with van der Waals surface area (Å²) in [5, 5.41) is 8.75. The summed E-state index contributed by atoms with van der Waals surface area (Å²) in [7, 11) is 0. The van der Waals surface area contributed by atoms with Gasteiger partial charge < -0.3 is 30.3 Å². The number of hydrogen-bond donors (Lipinski definition) is 3. The first-order valence-corrected chi connectivity index (χ1v) is 13.8. The van der Waals surface area contributed by atoms with Gasteiger partial charge >= 0.3 is 0 Å². The van der Waals surface area contributed by atoms with Crippen LogP contribution in [0, 0.1) is 5.92 Å². The number of nitrogens with zero attached hydrogens (tertiary/aromatic N) is 1. The van der Waals surface area contributed by atoms with Crippen LogP contribution < -0.4 is 25.4 Å². The van der Waals surface area contributed by atoms with Crippen molar-refractivity contribution in [3.8, 4) is 11.5 Å². The number of amides is 4. The number of benzene rings is 2. The third kappa shape index (κ3) is 9.15. The number of hydrogen-bond acceptors (Lipinski definition) is 6. The van der Waals surface area contributed by atoms with Crippen LogP contribution in [-0.4, -0.2) is 73.5 Å². The summed E-state index contributed by atoms with van der Waals surface area (Å²) in [4.78, 5) is 54.4. The Balaban J connectivity index is 1.78. The van der Waals surface area contributed by atoms with Crippen LogP contribution in [0.2, 0.25) is 5.02 Å². The van der Waals surface area contributed by atoms with E-state index in [1.807, 2.05) is 20.8 Å². The molecule has 4 amide bonds. The summed E-state index contributed by atoms with van der Waals surface area (Å²) < 4.78 is 11.5. The molecule has 0 saturated carbocycles. The molecular weight excluding hydrogens is 536 g/mol. The normalized spacial score (nSPS) is 18.6. The van der Waals surface area contributed by atoms with Crippen molar-refractivity contribution in [2.45, 2.75) is 45.7 Å². The summed E-state index contributed by atoms with van der Waals surface area (Å²) in [6.07, 6.45) is 0.0721. The van der Waals surface area contributed by atoms with Gasteiger partial charge in [0.15, 0.2) is 0 Å². The van der Waals surface area contributed by atoms with E-state index in [2.05, 4.69) is 16.0 Å². The van der Waals surface area contributed by atoms with Gasteiger partial charge in [0, 0.05) is 11.6 Å². The van der Waals surface area contributed by atoms with E-state index in [4.69, 9.17) is 21.1 Å². The van der Waals surface area contributed by atoms with Crippen molar-refractivity contribution in [1.29, 1.82) is 0 Å². The van der Waals surface area contributed by atoms with Crippen LogP contribution in [0.25, 0.3) is 0 Å². The van der Waals surface area contributed by atoms with Crippen LogP contribution in [0.4, 0.5) is 0 Å². The molecule has 3 N–H and O–H groups in total. The van der Waals surface area contributed by atoms with Gasteiger partial charge in [-0.3, -0.25) is 19.2 Å². The minimum Gasteiger partial charge on any atom is -0.492 e. The Labute approximate surface area is 239 Å². The molecule has 0 aromatic heterocycles. The molecule has 2 aromatic rings. The van der Waals surface area contributed by atoms with Crippen LogP contribution in [0.15, 0.2) is 48.5 Å². The third-order valence-electron chi connectivity index (χ3n) is 6.28. The van der Waals surface area contributed by atoms with E-state index in [9.17, 15) is 19.2 Å². The van der Waals surface area contributed by atoms with E-state index in [1.54, 1.807) is 53.4 Å². The first kappa shape index (κ1) is 30.7. The third-order valence-corrected chi connectivity index (χ3v) is 6.53. The zero-order valence-electron chi connectivity index (χ0n) is 23.1. The van der Waals surface area contributed by atoms with Gasteiger partial charge in [0.1, 0.15) is 36.8 Å². The lowest BCUT2D eigenvalue weighted by Gasteiger charge is -2.29. The number of nitrogens with one attached hydrogen (secondary N) is 3. The molecule has 10 nitrogen and oxygen atoms in total. The molecule has 0 fully saturated rings. The van der Waals surface area contributed by atoms with Crippen molar-refractivity contribution in [2.24, 2.45) is 5.92 Å². The van der Waals surface area contributed by atoms with Gasteiger partial charge in [-0.15, -0.1) is 0 Å². The molecule has 0 unspecified atom stereocenters. The molecule has 1 aliphatic rings. The maximum Gasteiger partial charge on any atom is 0.255 e. The Morgan fingerprint density at radius 3 is 2.55 bits per heavy atom. The number of halogens is 1. The van der Waals surface area contributed by atoms with E-state index in [1.165, 1.54) is 0 Å². The van der Waals surface area contributed by atoms with Crippen molar-refractivity contribution in [2.75, 3.05) is 32.8 Å². The van der Waals surface area contributed by atoms with E-state index in [-0.39, 0.29) is 43.6 Å². The molecule has 0 radical (unpaired) electrons. The highest BCUT2D eigenvalue weighted by atomic mass is 35.5. The maximum absolute atomic E-state index is 13.3. The van der Waals surface area contributed by atoms with Gasteiger partial charge in [-0.1, -0.05) is 37.6 Å². The zero-order valence-corrected chi connectivity index (χ0v) is 23.8. The molecule has 0 bridgehead atoms. The average molecular weight is 573 g/mol. The molecule has 0 spiro atoms. The first-order valence-electron chi connectivity index (χ1n) is 13.4. The number of ether oxygens (including phenoxy) is 2. The standard InChI is InChI=1S/C29H37ClN4O6/c1-4-34-14-16-40-25-8-6-5-7-22(25)27(36)33-23(18-26(35)32-24(29(34)38)17-19(2)3)28(37)31-13-15-39-21-11-9-20(30)10-12-21/h5-12,19,23-24H,4,13-18H2,1-3H3,(H,31,37)(H,32,35)(H,33,36)/t23-,24+/m0/s1. The molecule has 3 rings (SSSR count). The highest BCUT2D eigenvalue weighted by Gasteiger charge is 2.30. The Morgan fingerprint density at radius 2 is 1.85 bits per heavy atom. The number of fused-ring (bicyclic) bond motifs is 1. The summed E-state index contributed by atoms with van der Waals surface area (Å²) in [5.41, 5.74) is 0.218. The minimum absolute atomic E-state index is 0.134. The Bertz CT molecular complexity index is 1170. The molecule has 2 atom stereocenters. The van der Waals surface area contributed by atoms with E-state index < -0.39 is 29.8 Å². The smallest absolute Gasteiger partial charge is 0.255 e. The fraction of sp³-hybridized carbons (Fsp3) is 0.448. The second kappa shape index (κ2) is 15.1. The van der Waals surface area contributed by atoms with Crippen molar-refractivity contribution in [1.82, 2.24) is 20.9 Å². The highest BCUT2D eigenvalue weighted by Crippen LogP contribution is 2.19. The van der Waals surface area contributed by atoms with Crippen molar-refractivity contribution < 1.29 is 28.7 Å². The van der Waals surface area contributed by atoms with Crippen LogP contribution in [-0.2, 0) is 14.4 Å². The number of carbonyl (C=O) groups is 4. The fourth-order valence-electron chi connectivity index (χ4n) is 4.26. The maximum atomic E-state index is 13.3. The van der Waals surface area contributed by atoms with Gasteiger partial charge in [-0.25, -0.2) is 0 Å². The largest absolute Gasteiger partial charge is 0.492 e. The molecule has 0 saturated heterocycles. The molecule has 1 aliphatic heterocycles. The highest BCUT2D eigenvalue weighted by molar-refractivity contribution is 6.30. The predicted octanol–water partition coefficient (Wildman–Crippen LogP) is 2.80. The summed E-state index contributed by atoms with van der Waals surface area (Å²) in [6, 6.07) is 11.5. The molecule has 2 aromatic carbocycles. The zero-order chi connectivity index (χ0) is 29.1. The van der Waals surface area contributed by atoms with Crippen LogP contribution in [0.5, 0.6) is 11.5 Å². The van der Waals surface area contributed by atoms with E-state index >= 15 is 0 Å². The number of likely N-dealkylation sites (N-methyl/N-ethyl adjacent to an activating group) is 1. The lowest BCUT2D eigenvalue weighted by molar-refractivity contribution is -0.137. The predicted molar refractivity (Wildman–Crippen MR) is 151 cm³/mol. The monoisotopic (exact) mass is 572 g/mol. The molecular formula is C29H37ClN4O6. The second-order valence-corrected chi connectivity index (χ2v) is 10.3. The number of rotatable bonds is 8. The molecule has 1 heterocycles. The SMILES string of the molecule is CCN1CCOc2ccccc2C(=O)N[C@H](C(=O)NCCOc2ccc(Cl)cc2)CC(=O)N[C@H](CC(C)C)C1=O. The van der Waals surface area contributed by atoms with Gasteiger partial charge in [0.05, 0.1) is 25.1 Å². The van der Waals surface area contributed by atoms with E-state index in [0.29, 0.717) is 36.0 Å².